The molecule has 2 rings (SSSR count). The fourth-order valence-electron chi connectivity index (χ4n) is 2.35. The molecule has 0 bridgehead atoms. The number of amides is 1. The standard InChI is InChI=1S/C18H22N2O4/c1-17(2,3)24-16(23)20-18(4,15(21)22)11-12-7-8-14-13(10-12)6-5-9-19-14/h5-10H,11H2,1-4H3,(H,20,23)(H,21,22). The molecule has 0 saturated carbocycles. The first-order valence-corrected chi connectivity index (χ1v) is 7.67. The van der Waals surface area contributed by atoms with Crippen LogP contribution in [0, 0.1) is 0 Å². The van der Waals surface area contributed by atoms with E-state index in [1.165, 1.54) is 6.92 Å². The molecule has 0 aliphatic heterocycles. The Morgan fingerprint density at radius 3 is 2.54 bits per heavy atom. The number of ether oxygens (including phenoxy) is 1. The molecule has 1 atom stereocenters. The van der Waals surface area contributed by atoms with E-state index in [1.54, 1.807) is 27.0 Å². The number of aromatic nitrogens is 1. The van der Waals surface area contributed by atoms with Crippen molar-refractivity contribution in [2.75, 3.05) is 0 Å². The van der Waals surface area contributed by atoms with Crippen LogP contribution in [0.4, 0.5) is 4.79 Å². The van der Waals surface area contributed by atoms with Gasteiger partial charge < -0.3 is 15.2 Å². The van der Waals surface area contributed by atoms with E-state index in [0.29, 0.717) is 0 Å². The zero-order chi connectivity index (χ0) is 18.0. The first-order chi connectivity index (χ1) is 11.1. The predicted octanol–water partition coefficient (Wildman–Crippen LogP) is 3.15. The molecule has 1 aromatic heterocycles. The molecule has 128 valence electrons. The predicted molar refractivity (Wildman–Crippen MR) is 90.9 cm³/mol. The number of hydrogen-bond donors (Lipinski definition) is 2. The molecule has 1 unspecified atom stereocenters. The third-order valence-corrected chi connectivity index (χ3v) is 3.47. The van der Waals surface area contributed by atoms with Crippen LogP contribution in [0.2, 0.25) is 0 Å². The lowest BCUT2D eigenvalue weighted by atomic mass is 9.92. The normalized spacial score (nSPS) is 14.0. The molecule has 1 amide bonds. The minimum Gasteiger partial charge on any atom is -0.480 e. The summed E-state index contributed by atoms with van der Waals surface area (Å²) in [6.07, 6.45) is 1.08. The van der Waals surface area contributed by atoms with Crippen molar-refractivity contribution in [3.8, 4) is 0 Å². The summed E-state index contributed by atoms with van der Waals surface area (Å²) < 4.78 is 5.17. The minimum atomic E-state index is -1.47. The number of rotatable bonds is 4. The highest BCUT2D eigenvalue weighted by Crippen LogP contribution is 2.19. The SMILES string of the molecule is CC(C)(C)OC(=O)NC(C)(Cc1ccc2ncccc2c1)C(=O)O. The molecule has 0 saturated heterocycles. The average molecular weight is 330 g/mol. The van der Waals surface area contributed by atoms with Gasteiger partial charge in [-0.2, -0.15) is 0 Å². The molecule has 2 aromatic rings. The van der Waals surface area contributed by atoms with Gasteiger partial charge in [-0.25, -0.2) is 9.59 Å². The maximum Gasteiger partial charge on any atom is 0.408 e. The summed E-state index contributed by atoms with van der Waals surface area (Å²) in [6, 6.07) is 9.25. The van der Waals surface area contributed by atoms with E-state index < -0.39 is 23.2 Å². The van der Waals surface area contributed by atoms with Gasteiger partial charge in [0.1, 0.15) is 11.1 Å². The Morgan fingerprint density at radius 1 is 1.21 bits per heavy atom. The summed E-state index contributed by atoms with van der Waals surface area (Å²) in [4.78, 5) is 27.9. The molecule has 0 spiro atoms. The lowest BCUT2D eigenvalue weighted by molar-refractivity contribution is -0.144. The van der Waals surface area contributed by atoms with Gasteiger partial charge in [0.25, 0.3) is 0 Å². The molecular formula is C18H22N2O4. The van der Waals surface area contributed by atoms with Crippen molar-refractivity contribution in [3.05, 3.63) is 42.1 Å². The Morgan fingerprint density at radius 2 is 1.92 bits per heavy atom. The zero-order valence-corrected chi connectivity index (χ0v) is 14.3. The maximum absolute atomic E-state index is 12.0. The first kappa shape index (κ1) is 17.7. The van der Waals surface area contributed by atoms with Gasteiger partial charge in [0, 0.05) is 18.0 Å². The third kappa shape index (κ3) is 4.44. The number of fused-ring (bicyclic) bond motifs is 1. The quantitative estimate of drug-likeness (QED) is 0.899. The van der Waals surface area contributed by atoms with Crippen molar-refractivity contribution in [1.82, 2.24) is 10.3 Å². The van der Waals surface area contributed by atoms with Crippen LogP contribution in [0.5, 0.6) is 0 Å². The smallest absolute Gasteiger partial charge is 0.408 e. The van der Waals surface area contributed by atoms with Crippen LogP contribution in [-0.4, -0.2) is 33.3 Å². The molecule has 1 aromatic carbocycles. The van der Waals surface area contributed by atoms with E-state index in [-0.39, 0.29) is 6.42 Å². The van der Waals surface area contributed by atoms with E-state index >= 15 is 0 Å². The number of benzene rings is 1. The molecule has 2 N–H and O–H groups in total. The number of carbonyl (C=O) groups excluding carboxylic acids is 1. The molecule has 0 aliphatic rings. The van der Waals surface area contributed by atoms with Crippen LogP contribution in [-0.2, 0) is 16.0 Å². The van der Waals surface area contributed by atoms with Crippen molar-refractivity contribution >= 4 is 23.0 Å². The third-order valence-electron chi connectivity index (χ3n) is 3.47. The van der Waals surface area contributed by atoms with Gasteiger partial charge in [-0.15, -0.1) is 0 Å². The van der Waals surface area contributed by atoms with Crippen molar-refractivity contribution < 1.29 is 19.4 Å². The Labute approximate surface area is 140 Å². The second-order valence-corrected chi connectivity index (χ2v) is 6.97. The maximum atomic E-state index is 12.0. The number of alkyl carbamates (subject to hydrolysis) is 1. The molecule has 6 nitrogen and oxygen atoms in total. The number of hydrogen-bond acceptors (Lipinski definition) is 4. The van der Waals surface area contributed by atoms with Gasteiger partial charge in [0.05, 0.1) is 5.52 Å². The van der Waals surface area contributed by atoms with Crippen molar-refractivity contribution in [1.29, 1.82) is 0 Å². The molecule has 6 heteroatoms. The van der Waals surface area contributed by atoms with Gasteiger partial charge in [-0.1, -0.05) is 12.1 Å². The monoisotopic (exact) mass is 330 g/mol. The number of nitrogens with zero attached hydrogens (tertiary/aromatic N) is 1. The number of carboxylic acid groups (broad SMARTS) is 1. The Balaban J connectivity index is 2.22. The summed E-state index contributed by atoms with van der Waals surface area (Å²) in [5.74, 6) is -1.13. The highest BCUT2D eigenvalue weighted by Gasteiger charge is 2.36. The zero-order valence-electron chi connectivity index (χ0n) is 14.3. The van der Waals surface area contributed by atoms with E-state index in [1.807, 2.05) is 30.3 Å². The number of nitrogens with one attached hydrogen (secondary N) is 1. The average Bonchev–Trinajstić information content (AvgIpc) is 2.44. The topological polar surface area (TPSA) is 88.5 Å². The summed E-state index contributed by atoms with van der Waals surface area (Å²) in [7, 11) is 0. The fourth-order valence-corrected chi connectivity index (χ4v) is 2.35. The number of pyridine rings is 1. The highest BCUT2D eigenvalue weighted by atomic mass is 16.6. The van der Waals surface area contributed by atoms with Crippen LogP contribution < -0.4 is 5.32 Å². The van der Waals surface area contributed by atoms with Gasteiger partial charge in [-0.05, 0) is 51.5 Å². The first-order valence-electron chi connectivity index (χ1n) is 7.67. The van der Waals surface area contributed by atoms with Crippen molar-refractivity contribution in [2.45, 2.75) is 45.3 Å². The van der Waals surface area contributed by atoms with Gasteiger partial charge in [0.2, 0.25) is 0 Å². The number of carbonyl (C=O) groups is 2. The molecule has 0 aliphatic carbocycles. The van der Waals surface area contributed by atoms with Crippen molar-refractivity contribution in [3.63, 3.8) is 0 Å². The van der Waals surface area contributed by atoms with Crippen LogP contribution in [0.15, 0.2) is 36.5 Å². The van der Waals surface area contributed by atoms with Crippen LogP contribution in [0.3, 0.4) is 0 Å². The summed E-state index contributed by atoms with van der Waals surface area (Å²) in [6.45, 7) is 6.63. The number of aliphatic carboxylic acids is 1. The second-order valence-electron chi connectivity index (χ2n) is 6.97. The van der Waals surface area contributed by atoms with Gasteiger partial charge in [0.15, 0.2) is 0 Å². The van der Waals surface area contributed by atoms with Crippen LogP contribution in [0.1, 0.15) is 33.3 Å². The van der Waals surface area contributed by atoms with E-state index in [0.717, 1.165) is 16.5 Å². The Bertz CT molecular complexity index is 767. The molecule has 0 radical (unpaired) electrons. The molecular weight excluding hydrogens is 308 g/mol. The van der Waals surface area contributed by atoms with Gasteiger partial charge in [-0.3, -0.25) is 4.98 Å². The largest absolute Gasteiger partial charge is 0.480 e. The summed E-state index contributed by atoms with van der Waals surface area (Å²) in [5.41, 5.74) is -0.550. The summed E-state index contributed by atoms with van der Waals surface area (Å²) in [5, 5.41) is 13.0. The Kier molecular flexibility index (Phi) is 4.78. The van der Waals surface area contributed by atoms with Crippen LogP contribution in [0.25, 0.3) is 10.9 Å². The number of carboxylic acids is 1. The Hall–Kier alpha value is -2.63. The van der Waals surface area contributed by atoms with E-state index in [9.17, 15) is 14.7 Å². The lowest BCUT2D eigenvalue weighted by Crippen LogP contribution is -2.54. The molecule has 0 fully saturated rings. The lowest BCUT2D eigenvalue weighted by Gasteiger charge is -2.28. The fraction of sp³-hybridized carbons (Fsp3) is 0.389. The van der Waals surface area contributed by atoms with E-state index in [2.05, 4.69) is 10.3 Å². The summed E-state index contributed by atoms with van der Waals surface area (Å²) >= 11 is 0. The second kappa shape index (κ2) is 6.47. The molecule has 24 heavy (non-hydrogen) atoms. The van der Waals surface area contributed by atoms with Gasteiger partial charge >= 0.3 is 12.1 Å². The highest BCUT2D eigenvalue weighted by molar-refractivity contribution is 5.85. The van der Waals surface area contributed by atoms with Crippen molar-refractivity contribution in [2.24, 2.45) is 0 Å². The minimum absolute atomic E-state index is 0.131. The van der Waals surface area contributed by atoms with Crippen LogP contribution >= 0.6 is 0 Å². The van der Waals surface area contributed by atoms with E-state index in [4.69, 9.17) is 4.74 Å². The molecule has 1 heterocycles.